The highest BCUT2D eigenvalue weighted by molar-refractivity contribution is 7.91. The zero-order valence-electron chi connectivity index (χ0n) is 7.04. The Balaban J connectivity index is 2.71. The van der Waals surface area contributed by atoms with Crippen LogP contribution in [0.1, 0.15) is 13.3 Å². The Hall–Kier alpha value is -0.640. The fraction of sp³-hybridized carbons (Fsp3) is 0.625. The lowest BCUT2D eigenvalue weighted by Gasteiger charge is -2.04. The highest BCUT2D eigenvalue weighted by atomic mass is 32.2. The number of hydrogen-bond donors (Lipinski definition) is 0. The smallest absolute Gasteiger partial charge is 0.162 e. The molecule has 0 radical (unpaired) electrons. The molecule has 0 N–H and O–H groups in total. The van der Waals surface area contributed by atoms with E-state index in [0.717, 1.165) is 0 Å². The summed E-state index contributed by atoms with van der Waals surface area (Å²) in [7, 11) is -2.94. The Morgan fingerprint density at radius 2 is 2.08 bits per heavy atom. The molecule has 0 aromatic heterocycles. The summed E-state index contributed by atoms with van der Waals surface area (Å²) in [5.41, 5.74) is 0.456. The number of sulfone groups is 1. The summed E-state index contributed by atoms with van der Waals surface area (Å²) in [6.07, 6.45) is 0.466. The van der Waals surface area contributed by atoms with Crippen molar-refractivity contribution in [1.82, 2.24) is 0 Å². The van der Waals surface area contributed by atoms with E-state index in [0.29, 0.717) is 12.0 Å². The van der Waals surface area contributed by atoms with E-state index in [4.69, 9.17) is 0 Å². The van der Waals surface area contributed by atoms with Crippen LogP contribution in [0.3, 0.4) is 0 Å². The molecule has 3 nitrogen and oxygen atoms in total. The molecule has 4 heteroatoms. The molecule has 0 saturated carbocycles. The maximum atomic E-state index is 11.3. The lowest BCUT2D eigenvalue weighted by atomic mass is 9.99. The number of rotatable bonds is 2. The average molecular weight is 188 g/mol. The zero-order valence-corrected chi connectivity index (χ0v) is 7.86. The fourth-order valence-electron chi connectivity index (χ4n) is 1.35. The summed E-state index contributed by atoms with van der Waals surface area (Å²) in [5, 5.41) is 0. The number of Topliss-reactive ketones (excluding diaryl/α,β-unsaturated/α-hetero) is 1. The minimum Gasteiger partial charge on any atom is -0.294 e. The highest BCUT2D eigenvalue weighted by Gasteiger charge is 2.32. The van der Waals surface area contributed by atoms with Crippen LogP contribution in [0.25, 0.3) is 0 Å². The molecule has 0 aliphatic carbocycles. The number of carbonyl (C=O) groups excluding carboxylic acids is 1. The molecule has 12 heavy (non-hydrogen) atoms. The average Bonchev–Trinajstić information content (AvgIpc) is 2.28. The largest absolute Gasteiger partial charge is 0.294 e. The Labute approximate surface area is 72.4 Å². The normalized spacial score (nSPS) is 26.9. The van der Waals surface area contributed by atoms with Crippen molar-refractivity contribution in [2.24, 2.45) is 5.92 Å². The van der Waals surface area contributed by atoms with E-state index < -0.39 is 9.84 Å². The van der Waals surface area contributed by atoms with Crippen LogP contribution in [0.15, 0.2) is 12.2 Å². The van der Waals surface area contributed by atoms with Crippen LogP contribution in [0.2, 0.25) is 0 Å². The van der Waals surface area contributed by atoms with Crippen LogP contribution in [0.5, 0.6) is 0 Å². The molecule has 1 unspecified atom stereocenters. The van der Waals surface area contributed by atoms with Gasteiger partial charge in [0, 0.05) is 5.92 Å². The molecule has 1 saturated heterocycles. The van der Waals surface area contributed by atoms with Gasteiger partial charge in [-0.2, -0.15) is 0 Å². The number of carbonyl (C=O) groups is 1. The summed E-state index contributed by atoms with van der Waals surface area (Å²) in [5.74, 6) is -0.265. The van der Waals surface area contributed by atoms with E-state index in [1.54, 1.807) is 6.92 Å². The van der Waals surface area contributed by atoms with Crippen molar-refractivity contribution in [3.63, 3.8) is 0 Å². The summed E-state index contributed by atoms with van der Waals surface area (Å²) >= 11 is 0. The lowest BCUT2D eigenvalue weighted by molar-refractivity contribution is -0.118. The van der Waals surface area contributed by atoms with Gasteiger partial charge in [-0.15, -0.1) is 0 Å². The minimum absolute atomic E-state index is 0.0126. The first kappa shape index (κ1) is 9.45. The van der Waals surface area contributed by atoms with E-state index in [-0.39, 0.29) is 23.2 Å². The van der Waals surface area contributed by atoms with Crippen LogP contribution >= 0.6 is 0 Å². The van der Waals surface area contributed by atoms with Crippen molar-refractivity contribution >= 4 is 15.6 Å². The van der Waals surface area contributed by atoms with Gasteiger partial charge < -0.3 is 0 Å². The molecule has 1 fully saturated rings. The molecule has 1 aliphatic rings. The maximum absolute atomic E-state index is 11.3. The minimum atomic E-state index is -2.94. The van der Waals surface area contributed by atoms with Crippen molar-refractivity contribution in [3.05, 3.63) is 12.2 Å². The van der Waals surface area contributed by atoms with Gasteiger partial charge in [-0.25, -0.2) is 8.42 Å². The molecule has 0 bridgehead atoms. The van der Waals surface area contributed by atoms with Gasteiger partial charge in [0.15, 0.2) is 15.6 Å². The van der Waals surface area contributed by atoms with Gasteiger partial charge in [-0.1, -0.05) is 6.58 Å². The van der Waals surface area contributed by atoms with Crippen molar-refractivity contribution in [1.29, 1.82) is 0 Å². The summed E-state index contributed by atoms with van der Waals surface area (Å²) in [6.45, 7) is 5.12. The maximum Gasteiger partial charge on any atom is 0.162 e. The Morgan fingerprint density at radius 3 is 2.42 bits per heavy atom. The molecule has 68 valence electrons. The van der Waals surface area contributed by atoms with Gasteiger partial charge in [-0.05, 0) is 18.9 Å². The van der Waals surface area contributed by atoms with Gasteiger partial charge in [0.2, 0.25) is 0 Å². The second-order valence-corrected chi connectivity index (χ2v) is 5.47. The van der Waals surface area contributed by atoms with Crippen LogP contribution in [0, 0.1) is 5.92 Å². The van der Waals surface area contributed by atoms with Crippen molar-refractivity contribution in [2.45, 2.75) is 13.3 Å². The second kappa shape index (κ2) is 3.01. The fourth-order valence-corrected chi connectivity index (χ4v) is 3.09. The Bertz CT molecular complexity index is 313. The zero-order chi connectivity index (χ0) is 9.35. The standard InChI is InChI=1S/C8H12O3S/c1-6(2)8(9)7-3-4-12(10,11)5-7/h7H,1,3-5H2,2H3. The second-order valence-electron chi connectivity index (χ2n) is 3.24. The van der Waals surface area contributed by atoms with Crippen LogP contribution < -0.4 is 0 Å². The third kappa shape index (κ3) is 1.94. The first-order valence-electron chi connectivity index (χ1n) is 3.82. The van der Waals surface area contributed by atoms with Gasteiger partial charge in [0.1, 0.15) is 0 Å². The van der Waals surface area contributed by atoms with Crippen molar-refractivity contribution in [3.8, 4) is 0 Å². The highest BCUT2D eigenvalue weighted by Crippen LogP contribution is 2.21. The predicted octanol–water partition coefficient (Wildman–Crippen LogP) is 0.566. The SMILES string of the molecule is C=C(C)C(=O)C1CCS(=O)(=O)C1. The van der Waals surface area contributed by atoms with E-state index in [1.807, 2.05) is 0 Å². The first-order valence-corrected chi connectivity index (χ1v) is 5.64. The molecule has 1 rings (SSSR count). The van der Waals surface area contributed by atoms with E-state index >= 15 is 0 Å². The topological polar surface area (TPSA) is 51.2 Å². The molecule has 0 aromatic rings. The van der Waals surface area contributed by atoms with Crippen molar-refractivity contribution in [2.75, 3.05) is 11.5 Å². The molecule has 0 amide bonds. The van der Waals surface area contributed by atoms with E-state index in [9.17, 15) is 13.2 Å². The first-order chi connectivity index (χ1) is 5.42. The molecule has 1 atom stereocenters. The van der Waals surface area contributed by atoms with E-state index in [1.165, 1.54) is 0 Å². The quantitative estimate of drug-likeness (QED) is 0.595. The monoisotopic (exact) mass is 188 g/mol. The van der Waals surface area contributed by atoms with E-state index in [2.05, 4.69) is 6.58 Å². The summed E-state index contributed by atoms with van der Waals surface area (Å²) in [6, 6.07) is 0. The number of hydrogen-bond acceptors (Lipinski definition) is 3. The number of ketones is 1. The lowest BCUT2D eigenvalue weighted by Crippen LogP contribution is -2.16. The molecular formula is C8H12O3S. The van der Waals surface area contributed by atoms with Crippen LogP contribution in [-0.4, -0.2) is 25.7 Å². The van der Waals surface area contributed by atoms with Crippen LogP contribution in [-0.2, 0) is 14.6 Å². The molecule has 0 aromatic carbocycles. The Morgan fingerprint density at radius 1 is 1.50 bits per heavy atom. The van der Waals surface area contributed by atoms with Gasteiger partial charge in [0.05, 0.1) is 11.5 Å². The third-order valence-corrected chi connectivity index (χ3v) is 3.79. The Kier molecular flexibility index (Phi) is 2.37. The predicted molar refractivity (Wildman–Crippen MR) is 46.6 cm³/mol. The molecule has 1 aliphatic heterocycles. The number of allylic oxidation sites excluding steroid dienone is 1. The summed E-state index contributed by atoms with van der Waals surface area (Å²) in [4.78, 5) is 11.3. The van der Waals surface area contributed by atoms with Gasteiger partial charge in [-0.3, -0.25) is 4.79 Å². The van der Waals surface area contributed by atoms with Crippen LogP contribution in [0.4, 0.5) is 0 Å². The van der Waals surface area contributed by atoms with Gasteiger partial charge >= 0.3 is 0 Å². The molecular weight excluding hydrogens is 176 g/mol. The molecule has 1 heterocycles. The third-order valence-electron chi connectivity index (χ3n) is 2.02. The summed E-state index contributed by atoms with van der Waals surface area (Å²) < 4.78 is 22.0. The van der Waals surface area contributed by atoms with Crippen molar-refractivity contribution < 1.29 is 13.2 Å². The van der Waals surface area contributed by atoms with Gasteiger partial charge in [0.25, 0.3) is 0 Å². The molecule has 0 spiro atoms.